The second kappa shape index (κ2) is 4.35. The van der Waals surface area contributed by atoms with Crippen molar-refractivity contribution in [3.05, 3.63) is 30.1 Å². The van der Waals surface area contributed by atoms with Crippen molar-refractivity contribution in [2.24, 2.45) is 0 Å². The molecule has 1 heterocycles. The Hall–Kier alpha value is -1.84. The minimum Gasteiger partial charge on any atom is -0.496 e. The van der Waals surface area contributed by atoms with E-state index in [0.29, 0.717) is 0 Å². The van der Waals surface area contributed by atoms with E-state index in [2.05, 4.69) is 17.1 Å². The molecule has 4 heteroatoms. The Morgan fingerprint density at radius 1 is 1.38 bits per heavy atom. The minimum absolute atomic E-state index is 0.860. The number of methoxy groups -OCH3 is 1. The standard InChI is InChI=1S/C12H15N3O/c1-4-15-8-13-14-12(15)10-6-5-9(2)11(7-10)16-3/h5-8H,4H2,1-3H3. The fourth-order valence-corrected chi connectivity index (χ4v) is 1.67. The van der Waals surface area contributed by atoms with Gasteiger partial charge in [-0.2, -0.15) is 0 Å². The van der Waals surface area contributed by atoms with Gasteiger partial charge in [0, 0.05) is 12.1 Å². The van der Waals surface area contributed by atoms with Crippen molar-refractivity contribution in [1.29, 1.82) is 0 Å². The van der Waals surface area contributed by atoms with Gasteiger partial charge >= 0.3 is 0 Å². The topological polar surface area (TPSA) is 39.9 Å². The van der Waals surface area contributed by atoms with Gasteiger partial charge in [-0.15, -0.1) is 10.2 Å². The number of hydrogen-bond acceptors (Lipinski definition) is 3. The van der Waals surface area contributed by atoms with Crippen molar-refractivity contribution >= 4 is 0 Å². The highest BCUT2D eigenvalue weighted by atomic mass is 16.5. The van der Waals surface area contributed by atoms with E-state index >= 15 is 0 Å². The first kappa shape index (κ1) is 10.7. The molecule has 4 nitrogen and oxygen atoms in total. The summed E-state index contributed by atoms with van der Waals surface area (Å²) in [6.45, 7) is 4.95. The lowest BCUT2D eigenvalue weighted by Crippen LogP contribution is -1.96. The van der Waals surface area contributed by atoms with Gasteiger partial charge in [0.25, 0.3) is 0 Å². The summed E-state index contributed by atoms with van der Waals surface area (Å²) in [7, 11) is 1.68. The zero-order chi connectivity index (χ0) is 11.5. The smallest absolute Gasteiger partial charge is 0.163 e. The van der Waals surface area contributed by atoms with E-state index < -0.39 is 0 Å². The van der Waals surface area contributed by atoms with Crippen LogP contribution in [0.2, 0.25) is 0 Å². The van der Waals surface area contributed by atoms with Crippen LogP contribution in [0.3, 0.4) is 0 Å². The van der Waals surface area contributed by atoms with E-state index in [-0.39, 0.29) is 0 Å². The number of rotatable bonds is 3. The van der Waals surface area contributed by atoms with Gasteiger partial charge in [-0.05, 0) is 25.5 Å². The fraction of sp³-hybridized carbons (Fsp3) is 0.333. The van der Waals surface area contributed by atoms with Crippen LogP contribution in [0, 0.1) is 6.92 Å². The summed E-state index contributed by atoms with van der Waals surface area (Å²) in [5.74, 6) is 1.75. The zero-order valence-corrected chi connectivity index (χ0v) is 9.77. The molecule has 0 aliphatic heterocycles. The number of aromatic nitrogens is 3. The van der Waals surface area contributed by atoms with Crippen LogP contribution >= 0.6 is 0 Å². The number of ether oxygens (including phenoxy) is 1. The molecule has 1 aromatic heterocycles. The second-order valence-corrected chi connectivity index (χ2v) is 3.62. The monoisotopic (exact) mass is 217 g/mol. The SMILES string of the molecule is CCn1cnnc1-c1ccc(C)c(OC)c1. The Balaban J connectivity index is 2.48. The Bertz CT molecular complexity index is 491. The molecule has 0 atom stereocenters. The fourth-order valence-electron chi connectivity index (χ4n) is 1.67. The molecule has 2 aromatic rings. The average molecular weight is 217 g/mol. The van der Waals surface area contributed by atoms with E-state index in [4.69, 9.17) is 4.74 Å². The van der Waals surface area contributed by atoms with Gasteiger partial charge in [0.1, 0.15) is 12.1 Å². The summed E-state index contributed by atoms with van der Waals surface area (Å²) in [6, 6.07) is 6.06. The lowest BCUT2D eigenvalue weighted by molar-refractivity contribution is 0.412. The molecule has 0 unspecified atom stereocenters. The molecule has 0 amide bonds. The molecule has 0 saturated carbocycles. The number of hydrogen-bond donors (Lipinski definition) is 0. The van der Waals surface area contributed by atoms with Gasteiger partial charge in [0.2, 0.25) is 0 Å². The summed E-state index contributed by atoms with van der Waals surface area (Å²) in [6.07, 6.45) is 1.74. The molecule has 0 bridgehead atoms. The van der Waals surface area contributed by atoms with E-state index in [1.165, 1.54) is 0 Å². The van der Waals surface area contributed by atoms with E-state index in [1.807, 2.05) is 29.7 Å². The molecule has 0 N–H and O–H groups in total. The Morgan fingerprint density at radius 3 is 2.88 bits per heavy atom. The van der Waals surface area contributed by atoms with E-state index in [1.54, 1.807) is 13.4 Å². The van der Waals surface area contributed by atoms with Crippen molar-refractivity contribution in [3.63, 3.8) is 0 Å². The Kier molecular flexibility index (Phi) is 2.90. The zero-order valence-electron chi connectivity index (χ0n) is 9.77. The van der Waals surface area contributed by atoms with Crippen LogP contribution in [0.1, 0.15) is 12.5 Å². The summed E-state index contributed by atoms with van der Waals surface area (Å²) in [5, 5.41) is 8.04. The van der Waals surface area contributed by atoms with Crippen LogP contribution < -0.4 is 4.74 Å². The summed E-state index contributed by atoms with van der Waals surface area (Å²) in [4.78, 5) is 0. The first-order chi connectivity index (χ1) is 7.76. The highest BCUT2D eigenvalue weighted by molar-refractivity contribution is 5.59. The van der Waals surface area contributed by atoms with E-state index in [9.17, 15) is 0 Å². The number of nitrogens with zero attached hydrogens (tertiary/aromatic N) is 3. The summed E-state index contributed by atoms with van der Waals surface area (Å²) >= 11 is 0. The van der Waals surface area contributed by atoms with Crippen LogP contribution in [0.25, 0.3) is 11.4 Å². The second-order valence-electron chi connectivity index (χ2n) is 3.62. The first-order valence-electron chi connectivity index (χ1n) is 5.29. The molecule has 0 aliphatic carbocycles. The van der Waals surface area contributed by atoms with Gasteiger partial charge in [0.05, 0.1) is 7.11 Å². The molecule has 16 heavy (non-hydrogen) atoms. The van der Waals surface area contributed by atoms with Gasteiger partial charge in [-0.25, -0.2) is 0 Å². The van der Waals surface area contributed by atoms with Crippen molar-refractivity contribution in [3.8, 4) is 17.1 Å². The first-order valence-corrected chi connectivity index (χ1v) is 5.29. The molecule has 84 valence electrons. The van der Waals surface area contributed by atoms with Crippen molar-refractivity contribution in [1.82, 2.24) is 14.8 Å². The Labute approximate surface area is 94.9 Å². The van der Waals surface area contributed by atoms with Crippen LogP contribution in [0.5, 0.6) is 5.75 Å². The molecule has 2 rings (SSSR count). The maximum atomic E-state index is 5.30. The molecular formula is C12H15N3O. The van der Waals surface area contributed by atoms with Crippen molar-refractivity contribution in [2.45, 2.75) is 20.4 Å². The van der Waals surface area contributed by atoms with Gasteiger partial charge in [0.15, 0.2) is 5.82 Å². The lowest BCUT2D eigenvalue weighted by Gasteiger charge is -2.07. The molecule has 0 radical (unpaired) electrons. The van der Waals surface area contributed by atoms with Crippen molar-refractivity contribution < 1.29 is 4.74 Å². The molecule has 1 aromatic carbocycles. The van der Waals surface area contributed by atoms with Crippen LogP contribution in [-0.4, -0.2) is 21.9 Å². The lowest BCUT2D eigenvalue weighted by atomic mass is 10.1. The largest absolute Gasteiger partial charge is 0.496 e. The van der Waals surface area contributed by atoms with Crippen LogP contribution in [-0.2, 0) is 6.54 Å². The predicted octanol–water partition coefficient (Wildman–Crippen LogP) is 2.28. The van der Waals surface area contributed by atoms with Crippen molar-refractivity contribution in [2.75, 3.05) is 7.11 Å². The number of aryl methyl sites for hydroxylation is 2. The van der Waals surface area contributed by atoms with Crippen LogP contribution in [0.4, 0.5) is 0 Å². The predicted molar refractivity (Wildman–Crippen MR) is 62.4 cm³/mol. The number of benzene rings is 1. The summed E-state index contributed by atoms with van der Waals surface area (Å²) < 4.78 is 7.30. The van der Waals surface area contributed by atoms with Gasteiger partial charge in [-0.3, -0.25) is 0 Å². The molecule has 0 aliphatic rings. The normalized spacial score (nSPS) is 10.4. The molecule has 0 spiro atoms. The highest BCUT2D eigenvalue weighted by Crippen LogP contribution is 2.25. The Morgan fingerprint density at radius 2 is 2.19 bits per heavy atom. The maximum absolute atomic E-state index is 5.30. The third kappa shape index (κ3) is 1.78. The maximum Gasteiger partial charge on any atom is 0.163 e. The average Bonchev–Trinajstić information content (AvgIpc) is 2.78. The third-order valence-electron chi connectivity index (χ3n) is 2.62. The van der Waals surface area contributed by atoms with E-state index in [0.717, 1.165) is 29.2 Å². The van der Waals surface area contributed by atoms with Gasteiger partial charge in [-0.1, -0.05) is 12.1 Å². The van der Waals surface area contributed by atoms with Gasteiger partial charge < -0.3 is 9.30 Å². The highest BCUT2D eigenvalue weighted by Gasteiger charge is 2.08. The third-order valence-corrected chi connectivity index (χ3v) is 2.62. The van der Waals surface area contributed by atoms with Crippen LogP contribution in [0.15, 0.2) is 24.5 Å². The molecular weight excluding hydrogens is 202 g/mol. The molecule has 0 fully saturated rings. The molecule has 0 saturated heterocycles. The minimum atomic E-state index is 0.860. The summed E-state index contributed by atoms with van der Waals surface area (Å²) in [5.41, 5.74) is 2.15. The quantitative estimate of drug-likeness (QED) is 0.791.